The third kappa shape index (κ3) is 4.26. The SMILES string of the molecule is O=[N+]([O-])OC(O)CCCCCC[C@@]1(O)CO[C@@H]2[C@H](O)CO[C@@H]21. The monoisotopic (exact) mass is 321 g/mol. The Morgan fingerprint density at radius 1 is 1.32 bits per heavy atom. The zero-order chi connectivity index (χ0) is 16.2. The minimum atomic E-state index is -1.38. The highest BCUT2D eigenvalue weighted by atomic mass is 17.0. The second-order valence-corrected chi connectivity index (χ2v) is 5.94. The molecule has 0 aromatic rings. The van der Waals surface area contributed by atoms with Gasteiger partial charge in [-0.3, -0.25) is 4.84 Å². The van der Waals surface area contributed by atoms with Gasteiger partial charge in [0.05, 0.1) is 13.2 Å². The first-order valence-corrected chi connectivity index (χ1v) is 7.55. The Labute approximate surface area is 127 Å². The highest BCUT2D eigenvalue weighted by Gasteiger charge is 2.55. The lowest BCUT2D eigenvalue weighted by Gasteiger charge is -2.26. The summed E-state index contributed by atoms with van der Waals surface area (Å²) >= 11 is 0. The summed E-state index contributed by atoms with van der Waals surface area (Å²) in [5.41, 5.74) is -1.06. The van der Waals surface area contributed by atoms with Crippen molar-refractivity contribution in [3.63, 3.8) is 0 Å². The maximum absolute atomic E-state index is 10.5. The van der Waals surface area contributed by atoms with E-state index in [1.165, 1.54) is 0 Å². The van der Waals surface area contributed by atoms with Gasteiger partial charge < -0.3 is 24.8 Å². The van der Waals surface area contributed by atoms with E-state index in [1.54, 1.807) is 0 Å². The molecule has 2 aliphatic heterocycles. The van der Waals surface area contributed by atoms with E-state index in [0.29, 0.717) is 12.8 Å². The quantitative estimate of drug-likeness (QED) is 0.229. The van der Waals surface area contributed by atoms with Crippen LogP contribution in [0, 0.1) is 10.1 Å². The molecule has 22 heavy (non-hydrogen) atoms. The summed E-state index contributed by atoms with van der Waals surface area (Å²) in [5.74, 6) is 0. The highest BCUT2D eigenvalue weighted by molar-refractivity contribution is 5.03. The molecule has 0 spiro atoms. The average Bonchev–Trinajstić information content (AvgIpc) is 2.96. The predicted molar refractivity (Wildman–Crippen MR) is 72.2 cm³/mol. The molecular weight excluding hydrogens is 298 g/mol. The van der Waals surface area contributed by atoms with Crippen molar-refractivity contribution in [3.05, 3.63) is 10.1 Å². The van der Waals surface area contributed by atoms with Gasteiger partial charge in [-0.15, -0.1) is 10.1 Å². The Morgan fingerprint density at radius 3 is 2.77 bits per heavy atom. The Kier molecular flexibility index (Phi) is 5.93. The Balaban J connectivity index is 1.58. The molecule has 0 bridgehead atoms. The zero-order valence-corrected chi connectivity index (χ0v) is 12.3. The van der Waals surface area contributed by atoms with Crippen LogP contribution in [0.5, 0.6) is 0 Å². The summed E-state index contributed by atoms with van der Waals surface area (Å²) in [6, 6.07) is 0. The molecule has 2 heterocycles. The summed E-state index contributed by atoms with van der Waals surface area (Å²) < 4.78 is 10.8. The van der Waals surface area contributed by atoms with E-state index in [0.717, 1.165) is 19.3 Å². The molecule has 0 aromatic carbocycles. The predicted octanol–water partition coefficient (Wildman–Crippen LogP) is -0.257. The van der Waals surface area contributed by atoms with Crippen LogP contribution < -0.4 is 0 Å². The highest BCUT2D eigenvalue weighted by Crippen LogP contribution is 2.37. The third-order valence-corrected chi connectivity index (χ3v) is 4.20. The van der Waals surface area contributed by atoms with Gasteiger partial charge in [0.2, 0.25) is 6.29 Å². The molecule has 2 saturated heterocycles. The molecule has 5 atom stereocenters. The first kappa shape index (κ1) is 17.4. The van der Waals surface area contributed by atoms with Crippen molar-refractivity contribution < 1.29 is 34.7 Å². The smallest absolute Gasteiger partial charge is 0.297 e. The fourth-order valence-corrected chi connectivity index (χ4v) is 3.05. The lowest BCUT2D eigenvalue weighted by Crippen LogP contribution is -2.43. The molecule has 1 unspecified atom stereocenters. The number of fused-ring (bicyclic) bond motifs is 1. The van der Waals surface area contributed by atoms with Gasteiger partial charge in [0, 0.05) is 0 Å². The summed E-state index contributed by atoms with van der Waals surface area (Å²) in [6.45, 7) is 0.348. The minimum absolute atomic E-state index is 0.161. The van der Waals surface area contributed by atoms with E-state index in [1.807, 2.05) is 0 Å². The summed E-state index contributed by atoms with van der Waals surface area (Å²) in [7, 11) is 0. The zero-order valence-electron chi connectivity index (χ0n) is 12.3. The number of hydrogen-bond acceptors (Lipinski definition) is 8. The maximum Gasteiger partial charge on any atom is 0.297 e. The van der Waals surface area contributed by atoms with E-state index < -0.39 is 35.3 Å². The van der Waals surface area contributed by atoms with Gasteiger partial charge in [-0.1, -0.05) is 19.3 Å². The second kappa shape index (κ2) is 7.51. The molecule has 2 rings (SSSR count). The van der Waals surface area contributed by atoms with Crippen LogP contribution in [0.1, 0.15) is 38.5 Å². The van der Waals surface area contributed by atoms with Gasteiger partial charge in [-0.05, 0) is 19.3 Å². The van der Waals surface area contributed by atoms with Crippen LogP contribution in [0.15, 0.2) is 0 Å². The molecule has 9 nitrogen and oxygen atoms in total. The molecule has 0 aromatic heterocycles. The van der Waals surface area contributed by atoms with Gasteiger partial charge in [0.1, 0.15) is 23.9 Å². The lowest BCUT2D eigenvalue weighted by molar-refractivity contribution is -0.780. The number of rotatable bonds is 9. The van der Waals surface area contributed by atoms with E-state index in [4.69, 9.17) is 14.6 Å². The molecule has 2 fully saturated rings. The van der Waals surface area contributed by atoms with E-state index in [2.05, 4.69) is 4.84 Å². The van der Waals surface area contributed by atoms with Crippen LogP contribution in [0.4, 0.5) is 0 Å². The van der Waals surface area contributed by atoms with Crippen molar-refractivity contribution in [1.29, 1.82) is 0 Å². The van der Waals surface area contributed by atoms with Crippen molar-refractivity contribution in [2.75, 3.05) is 13.2 Å². The first-order chi connectivity index (χ1) is 10.4. The van der Waals surface area contributed by atoms with Crippen molar-refractivity contribution in [1.82, 2.24) is 0 Å². The van der Waals surface area contributed by atoms with E-state index in [9.17, 15) is 20.3 Å². The van der Waals surface area contributed by atoms with Gasteiger partial charge in [0.15, 0.2) is 0 Å². The molecule has 0 radical (unpaired) electrons. The number of hydrogen-bond donors (Lipinski definition) is 3. The molecule has 9 heteroatoms. The van der Waals surface area contributed by atoms with Gasteiger partial charge >= 0.3 is 0 Å². The van der Waals surface area contributed by atoms with Crippen LogP contribution in [0.2, 0.25) is 0 Å². The maximum atomic E-state index is 10.5. The Morgan fingerprint density at radius 2 is 2.05 bits per heavy atom. The van der Waals surface area contributed by atoms with Crippen LogP contribution in [0.25, 0.3) is 0 Å². The molecule has 0 aliphatic carbocycles. The number of aliphatic hydroxyl groups excluding tert-OH is 2. The largest absolute Gasteiger partial charge is 0.388 e. The molecule has 0 amide bonds. The Bertz CT molecular complexity index is 381. The van der Waals surface area contributed by atoms with Crippen LogP contribution >= 0.6 is 0 Å². The standard InChI is InChI=1S/C13H23NO8/c15-9-7-20-12-11(9)21-8-13(12,17)6-4-2-1-3-5-10(16)22-14(18)19/h9-12,15-17H,1-8H2/t9-,10?,11-,12+,13-/m1/s1. The Hall–Kier alpha value is -1.00. The number of unbranched alkanes of at least 4 members (excludes halogenated alkanes) is 3. The first-order valence-electron chi connectivity index (χ1n) is 7.55. The summed E-state index contributed by atoms with van der Waals surface area (Å²) in [6.07, 6.45) is 0.666. The van der Waals surface area contributed by atoms with Crippen LogP contribution in [0.3, 0.4) is 0 Å². The molecule has 0 saturated carbocycles. The normalized spacial score (nSPS) is 35.3. The minimum Gasteiger partial charge on any atom is -0.388 e. The van der Waals surface area contributed by atoms with Gasteiger partial charge in [0.25, 0.3) is 5.09 Å². The lowest BCUT2D eigenvalue weighted by atomic mass is 9.90. The third-order valence-electron chi connectivity index (χ3n) is 4.20. The number of ether oxygens (including phenoxy) is 2. The number of aliphatic hydroxyl groups is 3. The molecule has 3 N–H and O–H groups in total. The van der Waals surface area contributed by atoms with E-state index in [-0.39, 0.29) is 19.6 Å². The molecule has 2 aliphatic rings. The molecular formula is C13H23NO8. The van der Waals surface area contributed by atoms with Crippen molar-refractivity contribution in [2.24, 2.45) is 0 Å². The molecule has 128 valence electrons. The summed E-state index contributed by atoms with van der Waals surface area (Å²) in [5, 5.41) is 38.3. The van der Waals surface area contributed by atoms with E-state index >= 15 is 0 Å². The fourth-order valence-electron chi connectivity index (χ4n) is 3.05. The fraction of sp³-hybridized carbons (Fsp3) is 1.00. The summed E-state index contributed by atoms with van der Waals surface area (Å²) in [4.78, 5) is 14.0. The average molecular weight is 321 g/mol. The second-order valence-electron chi connectivity index (χ2n) is 5.94. The van der Waals surface area contributed by atoms with Crippen molar-refractivity contribution in [2.45, 2.75) is 68.7 Å². The topological polar surface area (TPSA) is 132 Å². The van der Waals surface area contributed by atoms with Crippen LogP contribution in [-0.2, 0) is 14.3 Å². The van der Waals surface area contributed by atoms with Crippen LogP contribution in [-0.4, -0.2) is 63.8 Å². The number of nitrogens with zero attached hydrogens (tertiary/aromatic N) is 1. The van der Waals surface area contributed by atoms with Crippen molar-refractivity contribution >= 4 is 0 Å². The van der Waals surface area contributed by atoms with Gasteiger partial charge in [-0.2, -0.15) is 0 Å². The van der Waals surface area contributed by atoms with Crippen molar-refractivity contribution in [3.8, 4) is 0 Å². The van der Waals surface area contributed by atoms with Gasteiger partial charge in [-0.25, -0.2) is 0 Å².